The van der Waals surface area contributed by atoms with E-state index >= 15 is 0 Å². The minimum atomic E-state index is -1.41. The Balaban J connectivity index is 2.77. The van der Waals surface area contributed by atoms with Gasteiger partial charge in [-0.25, -0.2) is 9.78 Å². The van der Waals surface area contributed by atoms with Crippen molar-refractivity contribution >= 4 is 34.9 Å². The second-order valence-electron chi connectivity index (χ2n) is 3.74. The summed E-state index contributed by atoms with van der Waals surface area (Å²) in [6.07, 6.45) is 1.18. The highest BCUT2D eigenvalue weighted by molar-refractivity contribution is 6.36. The maximum Gasteiger partial charge on any atom is 0.342 e. The molecule has 0 radical (unpaired) electrons. The molecular weight excluding hydrogens is 307 g/mol. The number of hydrogen-bond acceptors (Lipinski definition) is 4. The van der Waals surface area contributed by atoms with Crippen LogP contribution in [0.4, 0.5) is 5.69 Å². The van der Waals surface area contributed by atoms with E-state index in [4.69, 9.17) is 28.3 Å². The predicted molar refractivity (Wildman–Crippen MR) is 73.3 cm³/mol. The van der Waals surface area contributed by atoms with Crippen molar-refractivity contribution in [1.29, 1.82) is 0 Å². The van der Waals surface area contributed by atoms with Crippen LogP contribution in [0, 0.1) is 10.1 Å². The fourth-order valence-corrected chi connectivity index (χ4v) is 2.19. The SMILES string of the molecule is O=C(O)c1ccnc(-c2ccc(Cl)cc2Cl)c1[N+](=O)[O-]. The van der Waals surface area contributed by atoms with Crippen molar-refractivity contribution in [3.63, 3.8) is 0 Å². The van der Waals surface area contributed by atoms with Gasteiger partial charge in [-0.3, -0.25) is 10.1 Å². The molecule has 0 aliphatic heterocycles. The number of aromatic carboxylic acids is 1. The normalized spacial score (nSPS) is 10.3. The molecular formula is C12H6Cl2N2O4. The zero-order chi connectivity index (χ0) is 14.9. The van der Waals surface area contributed by atoms with Crippen molar-refractivity contribution in [2.75, 3.05) is 0 Å². The maximum absolute atomic E-state index is 11.1. The summed E-state index contributed by atoms with van der Waals surface area (Å²) in [4.78, 5) is 25.3. The summed E-state index contributed by atoms with van der Waals surface area (Å²) in [7, 11) is 0. The number of carboxylic acids is 1. The predicted octanol–water partition coefficient (Wildman–Crippen LogP) is 3.66. The van der Waals surface area contributed by atoms with Crippen molar-refractivity contribution in [3.8, 4) is 11.3 Å². The molecule has 0 atom stereocenters. The lowest BCUT2D eigenvalue weighted by atomic mass is 10.1. The summed E-state index contributed by atoms with van der Waals surface area (Å²) >= 11 is 11.7. The van der Waals surface area contributed by atoms with E-state index in [0.29, 0.717) is 5.02 Å². The molecule has 0 saturated carbocycles. The Morgan fingerprint density at radius 3 is 2.55 bits per heavy atom. The van der Waals surface area contributed by atoms with E-state index < -0.39 is 22.1 Å². The van der Waals surface area contributed by atoms with Crippen LogP contribution in [0.5, 0.6) is 0 Å². The number of aromatic nitrogens is 1. The zero-order valence-electron chi connectivity index (χ0n) is 9.71. The van der Waals surface area contributed by atoms with Crippen LogP contribution in [0.15, 0.2) is 30.5 Å². The Hall–Kier alpha value is -2.18. The summed E-state index contributed by atoms with van der Waals surface area (Å²) in [5, 5.41) is 20.7. The van der Waals surface area contributed by atoms with Gasteiger partial charge in [-0.2, -0.15) is 0 Å². The Kier molecular flexibility index (Phi) is 3.87. The molecule has 0 bridgehead atoms. The molecule has 0 aliphatic rings. The second-order valence-corrected chi connectivity index (χ2v) is 4.59. The highest BCUT2D eigenvalue weighted by Gasteiger charge is 2.27. The Morgan fingerprint density at radius 2 is 2.00 bits per heavy atom. The van der Waals surface area contributed by atoms with E-state index in [1.807, 2.05) is 0 Å². The van der Waals surface area contributed by atoms with Gasteiger partial charge in [0.2, 0.25) is 0 Å². The van der Waals surface area contributed by atoms with Gasteiger partial charge >= 0.3 is 11.7 Å². The summed E-state index contributed by atoms with van der Waals surface area (Å²) < 4.78 is 0. The third kappa shape index (κ3) is 2.56. The zero-order valence-corrected chi connectivity index (χ0v) is 11.2. The quantitative estimate of drug-likeness (QED) is 0.689. The smallest absolute Gasteiger partial charge is 0.342 e. The molecule has 2 aromatic rings. The number of hydrogen-bond donors (Lipinski definition) is 1. The molecule has 0 aliphatic carbocycles. The molecule has 0 spiro atoms. The topological polar surface area (TPSA) is 93.3 Å². The number of benzene rings is 1. The number of carbonyl (C=O) groups is 1. The molecule has 20 heavy (non-hydrogen) atoms. The standard InChI is InChI=1S/C12H6Cl2N2O4/c13-6-1-2-7(9(14)5-6)10-11(16(19)20)8(12(17)18)3-4-15-10/h1-5H,(H,17,18). The van der Waals surface area contributed by atoms with Gasteiger partial charge in [-0.05, 0) is 24.3 Å². The van der Waals surface area contributed by atoms with Gasteiger partial charge < -0.3 is 5.11 Å². The van der Waals surface area contributed by atoms with E-state index in [0.717, 1.165) is 6.07 Å². The first kappa shape index (κ1) is 14.2. The van der Waals surface area contributed by atoms with Gasteiger partial charge in [0, 0.05) is 16.8 Å². The number of carboxylic acid groups (broad SMARTS) is 1. The van der Waals surface area contributed by atoms with E-state index in [-0.39, 0.29) is 16.3 Å². The Bertz CT molecular complexity index is 719. The van der Waals surface area contributed by atoms with Gasteiger partial charge in [0.1, 0.15) is 5.56 Å². The summed E-state index contributed by atoms with van der Waals surface area (Å²) in [6, 6.07) is 5.40. The van der Waals surface area contributed by atoms with Crippen molar-refractivity contribution in [2.45, 2.75) is 0 Å². The van der Waals surface area contributed by atoms with Crippen molar-refractivity contribution in [1.82, 2.24) is 4.98 Å². The molecule has 8 heteroatoms. The molecule has 102 valence electrons. The number of nitrogens with zero attached hydrogens (tertiary/aromatic N) is 2. The summed E-state index contributed by atoms with van der Waals surface area (Å²) in [5.74, 6) is -1.41. The first-order valence-electron chi connectivity index (χ1n) is 5.24. The van der Waals surface area contributed by atoms with Gasteiger partial charge in [-0.1, -0.05) is 23.2 Å². The van der Waals surface area contributed by atoms with E-state index in [1.54, 1.807) is 0 Å². The van der Waals surface area contributed by atoms with Crippen LogP contribution in [0.25, 0.3) is 11.3 Å². The second kappa shape index (κ2) is 5.44. The van der Waals surface area contributed by atoms with Crippen molar-refractivity contribution in [2.24, 2.45) is 0 Å². The molecule has 1 heterocycles. The lowest BCUT2D eigenvalue weighted by Crippen LogP contribution is -2.05. The lowest BCUT2D eigenvalue weighted by Gasteiger charge is -2.06. The number of pyridine rings is 1. The van der Waals surface area contributed by atoms with Crippen LogP contribution < -0.4 is 0 Å². The van der Waals surface area contributed by atoms with Crippen LogP contribution in [-0.2, 0) is 0 Å². The van der Waals surface area contributed by atoms with E-state index in [2.05, 4.69) is 4.98 Å². The highest BCUT2D eigenvalue weighted by Crippen LogP contribution is 2.36. The van der Waals surface area contributed by atoms with Crippen LogP contribution in [-0.4, -0.2) is 21.0 Å². The molecule has 6 nitrogen and oxygen atoms in total. The largest absolute Gasteiger partial charge is 0.477 e. The van der Waals surface area contributed by atoms with Crippen LogP contribution in [0.3, 0.4) is 0 Å². The third-order valence-electron chi connectivity index (χ3n) is 2.52. The van der Waals surface area contributed by atoms with Crippen LogP contribution in [0.1, 0.15) is 10.4 Å². The Labute approximate surface area is 122 Å². The number of halogens is 2. The third-order valence-corrected chi connectivity index (χ3v) is 3.07. The van der Waals surface area contributed by atoms with Gasteiger partial charge in [-0.15, -0.1) is 0 Å². The number of rotatable bonds is 3. The highest BCUT2D eigenvalue weighted by atomic mass is 35.5. The first-order valence-corrected chi connectivity index (χ1v) is 5.99. The summed E-state index contributed by atoms with van der Waals surface area (Å²) in [5.41, 5.74) is -0.933. The van der Waals surface area contributed by atoms with Crippen LogP contribution in [0.2, 0.25) is 10.0 Å². The van der Waals surface area contributed by atoms with E-state index in [9.17, 15) is 14.9 Å². The van der Waals surface area contributed by atoms with Crippen molar-refractivity contribution < 1.29 is 14.8 Å². The summed E-state index contributed by atoms with van der Waals surface area (Å²) in [6.45, 7) is 0. The van der Waals surface area contributed by atoms with Crippen molar-refractivity contribution in [3.05, 3.63) is 56.2 Å². The van der Waals surface area contributed by atoms with Gasteiger partial charge in [0.15, 0.2) is 5.69 Å². The molecule has 0 unspecified atom stereocenters. The molecule has 1 aromatic carbocycles. The maximum atomic E-state index is 11.1. The molecule has 0 fully saturated rings. The van der Waals surface area contributed by atoms with Crippen LogP contribution >= 0.6 is 23.2 Å². The molecule has 2 rings (SSSR count). The fourth-order valence-electron chi connectivity index (χ4n) is 1.69. The van der Waals surface area contributed by atoms with E-state index in [1.165, 1.54) is 24.4 Å². The molecule has 0 saturated heterocycles. The minimum Gasteiger partial charge on any atom is -0.477 e. The number of nitro groups is 1. The fraction of sp³-hybridized carbons (Fsp3) is 0. The Morgan fingerprint density at radius 1 is 1.30 bits per heavy atom. The average Bonchev–Trinajstić information content (AvgIpc) is 2.37. The van der Waals surface area contributed by atoms with Gasteiger partial charge in [0.25, 0.3) is 0 Å². The monoisotopic (exact) mass is 312 g/mol. The lowest BCUT2D eigenvalue weighted by molar-refractivity contribution is -0.384. The first-order chi connectivity index (χ1) is 9.41. The minimum absolute atomic E-state index is 0.114. The van der Waals surface area contributed by atoms with Gasteiger partial charge in [0.05, 0.1) is 9.95 Å². The molecule has 0 amide bonds. The average molecular weight is 313 g/mol. The molecule has 1 aromatic heterocycles. The molecule has 1 N–H and O–H groups in total.